The lowest BCUT2D eigenvalue weighted by Crippen LogP contribution is -2.16. The first-order valence-corrected chi connectivity index (χ1v) is 13.1. The Morgan fingerprint density at radius 1 is 0.962 bits per heavy atom. The molecule has 0 spiro atoms. The van der Waals surface area contributed by atoms with Crippen LogP contribution in [0, 0.1) is 11.5 Å². The molecule has 0 unspecified atom stereocenters. The second-order valence-corrected chi connectivity index (χ2v) is 12.3. The molecule has 0 aliphatic heterocycles. The summed E-state index contributed by atoms with van der Waals surface area (Å²) in [5.41, 5.74) is 8.30. The topological polar surface area (TPSA) is 9.23 Å². The van der Waals surface area contributed by atoms with Crippen molar-refractivity contribution >= 4 is 30.8 Å². The minimum absolute atomic E-state index is 0.489. The normalized spacial score (nSPS) is 12.0. The molecule has 2 rings (SSSR count). The van der Waals surface area contributed by atoms with Gasteiger partial charge in [-0.3, -0.25) is 0 Å². The summed E-state index contributed by atoms with van der Waals surface area (Å²) in [6.07, 6.45) is 0.935. The molecule has 0 aliphatic rings. The lowest BCUT2D eigenvalue weighted by Gasteiger charge is -2.13. The lowest BCUT2D eigenvalue weighted by atomic mass is 9.93. The fraction of sp³-hybridized carbons (Fsp3) is 0.304. The first-order valence-electron chi connectivity index (χ1n) is 9.05. The van der Waals surface area contributed by atoms with Gasteiger partial charge in [0.15, 0.2) is 0 Å². The predicted molar refractivity (Wildman–Crippen MR) is 117 cm³/mol. The van der Waals surface area contributed by atoms with Crippen LogP contribution in [-0.4, -0.2) is 20.6 Å². The monoisotopic (exact) mass is 382 g/mol. The van der Waals surface area contributed by atoms with Crippen LogP contribution in [0.3, 0.4) is 0 Å². The zero-order valence-corrected chi connectivity index (χ0v) is 17.9. The van der Waals surface area contributed by atoms with E-state index in [-0.39, 0.29) is 0 Å². The molecule has 0 heterocycles. The number of alkyl halides is 1. The Morgan fingerprint density at radius 2 is 1.62 bits per heavy atom. The molecule has 0 radical (unpaired) electrons. The maximum absolute atomic E-state index is 5.70. The maximum Gasteiger partial charge on any atom is 0.129 e. The van der Waals surface area contributed by atoms with Gasteiger partial charge < -0.3 is 4.74 Å². The van der Waals surface area contributed by atoms with E-state index in [1.807, 2.05) is 18.2 Å². The summed E-state index contributed by atoms with van der Waals surface area (Å²) >= 11 is 5.70. The average Bonchev–Trinajstić information content (AvgIpc) is 2.64. The molecule has 0 bridgehead atoms. The minimum atomic E-state index is -1.48. The summed E-state index contributed by atoms with van der Waals surface area (Å²) in [6.45, 7) is 9.53. The standard InChI is InChI=1S/C23H27ClOSi/c1-5-22(19-9-7-6-8-10-19)23(15-18-26(2,3)4)20-11-13-21(14-12-20)25-17-16-24/h6-14H,5,16-17H2,1-4H3/b23-22+. The zero-order chi connectivity index (χ0) is 19.0. The van der Waals surface area contributed by atoms with Crippen molar-refractivity contribution in [3.63, 3.8) is 0 Å². The molecule has 26 heavy (non-hydrogen) atoms. The van der Waals surface area contributed by atoms with Crippen molar-refractivity contribution in [1.82, 2.24) is 0 Å². The number of allylic oxidation sites excluding steroid dienone is 2. The SMILES string of the molecule is CC/C(=C(/C#C[Si](C)(C)C)c1ccc(OCCCl)cc1)c1ccccc1. The Labute approximate surface area is 164 Å². The smallest absolute Gasteiger partial charge is 0.129 e. The molecule has 3 heteroatoms. The third-order valence-corrected chi connectivity index (χ3v) is 4.86. The molecule has 0 saturated carbocycles. The fourth-order valence-electron chi connectivity index (χ4n) is 2.61. The largest absolute Gasteiger partial charge is 0.492 e. The number of hydrogen-bond acceptors (Lipinski definition) is 1. The number of hydrogen-bond donors (Lipinski definition) is 0. The Bertz CT molecular complexity index is 790. The van der Waals surface area contributed by atoms with Crippen LogP contribution in [-0.2, 0) is 0 Å². The van der Waals surface area contributed by atoms with Crippen LogP contribution in [0.25, 0.3) is 11.1 Å². The minimum Gasteiger partial charge on any atom is -0.492 e. The van der Waals surface area contributed by atoms with Gasteiger partial charge in [-0.05, 0) is 35.3 Å². The second-order valence-electron chi connectivity index (χ2n) is 7.13. The molecule has 0 atom stereocenters. The van der Waals surface area contributed by atoms with Crippen molar-refractivity contribution in [2.75, 3.05) is 12.5 Å². The molecule has 0 saturated heterocycles. The Hall–Kier alpha value is -1.95. The third kappa shape index (κ3) is 6.09. The summed E-state index contributed by atoms with van der Waals surface area (Å²) in [5, 5.41) is 0. The first-order chi connectivity index (χ1) is 12.4. The highest BCUT2D eigenvalue weighted by molar-refractivity contribution is 6.84. The highest BCUT2D eigenvalue weighted by atomic mass is 35.5. The summed E-state index contributed by atoms with van der Waals surface area (Å²) < 4.78 is 5.60. The zero-order valence-electron chi connectivity index (χ0n) is 16.1. The van der Waals surface area contributed by atoms with Crippen molar-refractivity contribution in [3.05, 3.63) is 65.7 Å². The van der Waals surface area contributed by atoms with Gasteiger partial charge in [-0.1, -0.05) is 74.9 Å². The Balaban J connectivity index is 2.53. The highest BCUT2D eigenvalue weighted by Gasteiger charge is 2.12. The fourth-order valence-corrected chi connectivity index (χ4v) is 3.19. The van der Waals surface area contributed by atoms with Crippen LogP contribution in [0.4, 0.5) is 0 Å². The van der Waals surface area contributed by atoms with E-state index >= 15 is 0 Å². The van der Waals surface area contributed by atoms with Crippen LogP contribution in [0.2, 0.25) is 19.6 Å². The summed E-state index contributed by atoms with van der Waals surface area (Å²) in [4.78, 5) is 0. The summed E-state index contributed by atoms with van der Waals surface area (Å²) in [5.74, 6) is 4.84. The first kappa shape index (κ1) is 20.4. The molecule has 0 N–H and O–H groups in total. The Morgan fingerprint density at radius 3 is 2.15 bits per heavy atom. The molecule has 0 fully saturated rings. The van der Waals surface area contributed by atoms with Gasteiger partial charge in [0.05, 0.1) is 5.88 Å². The van der Waals surface area contributed by atoms with E-state index < -0.39 is 8.07 Å². The molecule has 0 aromatic heterocycles. The highest BCUT2D eigenvalue weighted by Crippen LogP contribution is 2.29. The lowest BCUT2D eigenvalue weighted by molar-refractivity contribution is 0.343. The van der Waals surface area contributed by atoms with Crippen molar-refractivity contribution < 1.29 is 4.74 Å². The van der Waals surface area contributed by atoms with Crippen LogP contribution >= 0.6 is 11.6 Å². The van der Waals surface area contributed by atoms with Gasteiger partial charge in [0.1, 0.15) is 20.4 Å². The van der Waals surface area contributed by atoms with Crippen molar-refractivity contribution in [1.29, 1.82) is 0 Å². The van der Waals surface area contributed by atoms with Gasteiger partial charge in [0.2, 0.25) is 0 Å². The molecule has 0 amide bonds. The van der Waals surface area contributed by atoms with Crippen LogP contribution in [0.1, 0.15) is 24.5 Å². The van der Waals surface area contributed by atoms with Gasteiger partial charge in [0.25, 0.3) is 0 Å². The maximum atomic E-state index is 5.70. The predicted octanol–water partition coefficient (Wildman–Crippen LogP) is 6.51. The molecule has 1 nitrogen and oxygen atoms in total. The van der Waals surface area contributed by atoms with Crippen molar-refractivity contribution in [2.45, 2.75) is 33.0 Å². The number of rotatable bonds is 6. The average molecular weight is 383 g/mol. The van der Waals surface area contributed by atoms with Gasteiger partial charge in [0, 0.05) is 5.57 Å². The van der Waals surface area contributed by atoms with Crippen LogP contribution in [0.5, 0.6) is 5.75 Å². The second kappa shape index (κ2) is 9.66. The van der Waals surface area contributed by atoms with E-state index in [0.29, 0.717) is 12.5 Å². The molecule has 0 aliphatic carbocycles. The van der Waals surface area contributed by atoms with E-state index in [1.165, 1.54) is 11.1 Å². The summed E-state index contributed by atoms with van der Waals surface area (Å²) in [7, 11) is -1.48. The summed E-state index contributed by atoms with van der Waals surface area (Å²) in [6, 6.07) is 18.7. The van der Waals surface area contributed by atoms with Gasteiger partial charge >= 0.3 is 0 Å². The Kier molecular flexibility index (Phi) is 7.57. The van der Waals surface area contributed by atoms with E-state index in [2.05, 4.69) is 74.4 Å². The molecule has 2 aromatic rings. The number of ether oxygens (including phenoxy) is 1. The van der Waals surface area contributed by atoms with Gasteiger partial charge in [-0.15, -0.1) is 17.1 Å². The third-order valence-electron chi connectivity index (χ3n) is 3.83. The van der Waals surface area contributed by atoms with E-state index in [0.717, 1.165) is 23.3 Å². The van der Waals surface area contributed by atoms with E-state index in [9.17, 15) is 0 Å². The quantitative estimate of drug-likeness (QED) is 0.239. The molecule has 136 valence electrons. The molecular formula is C23H27ClOSi. The van der Waals surface area contributed by atoms with Crippen LogP contribution in [0.15, 0.2) is 54.6 Å². The van der Waals surface area contributed by atoms with E-state index in [4.69, 9.17) is 16.3 Å². The molecular weight excluding hydrogens is 356 g/mol. The molecule has 2 aromatic carbocycles. The van der Waals surface area contributed by atoms with E-state index in [1.54, 1.807) is 0 Å². The van der Waals surface area contributed by atoms with Crippen molar-refractivity contribution in [2.24, 2.45) is 0 Å². The number of benzene rings is 2. The van der Waals surface area contributed by atoms with Gasteiger partial charge in [-0.2, -0.15) is 0 Å². The van der Waals surface area contributed by atoms with Gasteiger partial charge in [-0.25, -0.2) is 0 Å². The number of halogens is 1. The van der Waals surface area contributed by atoms with Crippen LogP contribution < -0.4 is 4.74 Å². The van der Waals surface area contributed by atoms with Crippen molar-refractivity contribution in [3.8, 4) is 17.2 Å².